The zero-order chi connectivity index (χ0) is 20.2. The fourth-order valence-electron chi connectivity index (χ4n) is 3.20. The Morgan fingerprint density at radius 2 is 1.86 bits per heavy atom. The topological polar surface area (TPSA) is 82.8 Å². The molecule has 4 N–H and O–H groups in total. The predicted molar refractivity (Wildman–Crippen MR) is 135 cm³/mol. The van der Waals surface area contributed by atoms with Gasteiger partial charge in [-0.1, -0.05) is 11.6 Å². The first-order valence-electron chi connectivity index (χ1n) is 9.93. The number of unbranched alkanes of at least 4 members (excludes halogenated alkanes) is 1. The van der Waals surface area contributed by atoms with E-state index in [2.05, 4.69) is 20.5 Å². The van der Waals surface area contributed by atoms with Crippen molar-refractivity contribution < 1.29 is 4.79 Å². The smallest absolute Gasteiger partial charge is 0.220 e. The van der Waals surface area contributed by atoms with Gasteiger partial charge in [-0.25, -0.2) is 0 Å². The third-order valence-electron chi connectivity index (χ3n) is 4.88. The molecule has 1 saturated heterocycles. The molecule has 1 fully saturated rings. The van der Waals surface area contributed by atoms with Gasteiger partial charge in [0.05, 0.1) is 0 Å². The van der Waals surface area contributed by atoms with E-state index in [1.807, 2.05) is 24.3 Å². The lowest BCUT2D eigenvalue weighted by molar-refractivity contribution is -0.123. The molecule has 0 aliphatic carbocycles. The van der Waals surface area contributed by atoms with Crippen molar-refractivity contribution in [3.63, 3.8) is 0 Å². The van der Waals surface area contributed by atoms with Crippen molar-refractivity contribution in [2.24, 2.45) is 16.6 Å². The first kappa shape index (κ1) is 26.3. The van der Waals surface area contributed by atoms with Crippen LogP contribution in [0.25, 0.3) is 0 Å². The highest BCUT2D eigenvalue weighted by molar-refractivity contribution is 14.0. The number of carbonyl (C=O) groups excluding carboxylic acids is 1. The molecule has 1 aliphatic rings. The second kappa shape index (κ2) is 15.1. The molecule has 164 valence electrons. The molecular formula is C20H33ClIN5OS. The van der Waals surface area contributed by atoms with E-state index in [9.17, 15) is 4.79 Å². The molecule has 29 heavy (non-hydrogen) atoms. The summed E-state index contributed by atoms with van der Waals surface area (Å²) < 4.78 is 0. The summed E-state index contributed by atoms with van der Waals surface area (Å²) in [6.07, 6.45) is 4.03. The molecule has 9 heteroatoms. The predicted octanol–water partition coefficient (Wildman–Crippen LogP) is 3.19. The molecule has 0 saturated carbocycles. The second-order valence-corrected chi connectivity index (χ2v) is 8.56. The van der Waals surface area contributed by atoms with Gasteiger partial charge in [0.25, 0.3) is 0 Å². The van der Waals surface area contributed by atoms with Gasteiger partial charge in [-0.2, -0.15) is 0 Å². The number of carbonyl (C=O) groups is 1. The number of guanidine groups is 1. The van der Waals surface area contributed by atoms with E-state index >= 15 is 0 Å². The maximum absolute atomic E-state index is 11.2. The summed E-state index contributed by atoms with van der Waals surface area (Å²) in [7, 11) is 1.80. The largest absolute Gasteiger partial charge is 0.369 e. The zero-order valence-corrected chi connectivity index (χ0v) is 20.9. The maximum Gasteiger partial charge on any atom is 0.220 e. The van der Waals surface area contributed by atoms with E-state index in [1.54, 1.807) is 18.8 Å². The van der Waals surface area contributed by atoms with Gasteiger partial charge in [-0.3, -0.25) is 9.79 Å². The molecule has 0 aromatic heterocycles. The molecule has 1 aliphatic heterocycles. The number of amides is 1. The number of thioether (sulfide) groups is 1. The molecule has 1 aromatic rings. The van der Waals surface area contributed by atoms with Gasteiger partial charge >= 0.3 is 0 Å². The van der Waals surface area contributed by atoms with Gasteiger partial charge in [0.1, 0.15) is 0 Å². The Kier molecular flexibility index (Phi) is 13.7. The molecule has 1 amide bonds. The van der Waals surface area contributed by atoms with Crippen LogP contribution in [0.5, 0.6) is 0 Å². The standard InChI is InChI=1S/C20H32ClN5OS.HI/c1-23-20(25-11-15-28-18-6-4-17(21)5-7-18)24-10-2-3-12-26-13-8-16(9-14-26)19(22)27;/h4-7,16H,2-3,8-15H2,1H3,(H2,22,27)(H2,23,24,25);1H. The van der Waals surface area contributed by atoms with Crippen LogP contribution in [0.3, 0.4) is 0 Å². The number of nitrogens with two attached hydrogens (primary N) is 1. The molecule has 1 aromatic carbocycles. The Morgan fingerprint density at radius 3 is 2.48 bits per heavy atom. The summed E-state index contributed by atoms with van der Waals surface area (Å²) in [4.78, 5) is 19.1. The minimum atomic E-state index is -0.144. The Balaban J connectivity index is 0.00000420. The number of piperidine rings is 1. The van der Waals surface area contributed by atoms with Gasteiger partial charge in [-0.05, 0) is 69.6 Å². The molecular weight excluding hydrogens is 521 g/mol. The SMILES string of the molecule is CN=C(NCCCCN1CCC(C(N)=O)CC1)NCCSc1ccc(Cl)cc1.I. The molecule has 0 radical (unpaired) electrons. The second-order valence-electron chi connectivity index (χ2n) is 6.95. The third kappa shape index (κ3) is 10.8. The minimum Gasteiger partial charge on any atom is -0.369 e. The van der Waals surface area contributed by atoms with Crippen molar-refractivity contribution >= 4 is 59.2 Å². The van der Waals surface area contributed by atoms with E-state index in [0.29, 0.717) is 0 Å². The molecule has 0 spiro atoms. The zero-order valence-electron chi connectivity index (χ0n) is 17.0. The van der Waals surface area contributed by atoms with Crippen molar-refractivity contribution in [1.29, 1.82) is 0 Å². The van der Waals surface area contributed by atoms with E-state index in [-0.39, 0.29) is 35.8 Å². The summed E-state index contributed by atoms with van der Waals surface area (Å²) >= 11 is 7.69. The molecule has 0 unspecified atom stereocenters. The Morgan fingerprint density at radius 1 is 1.21 bits per heavy atom. The van der Waals surface area contributed by atoms with Crippen LogP contribution in [-0.4, -0.2) is 62.3 Å². The van der Waals surface area contributed by atoms with Crippen LogP contribution in [-0.2, 0) is 4.79 Å². The fourth-order valence-corrected chi connectivity index (χ4v) is 4.09. The summed E-state index contributed by atoms with van der Waals surface area (Å²) in [6, 6.07) is 7.91. The van der Waals surface area contributed by atoms with Gasteiger partial charge in [0.15, 0.2) is 5.96 Å². The average molecular weight is 554 g/mol. The lowest BCUT2D eigenvalue weighted by atomic mass is 9.96. The van der Waals surface area contributed by atoms with Crippen LogP contribution in [0.1, 0.15) is 25.7 Å². The lowest BCUT2D eigenvalue weighted by Crippen LogP contribution is -2.40. The van der Waals surface area contributed by atoms with Crippen molar-refractivity contribution in [3.05, 3.63) is 29.3 Å². The van der Waals surface area contributed by atoms with Crippen molar-refractivity contribution in [2.75, 3.05) is 45.5 Å². The van der Waals surface area contributed by atoms with Crippen LogP contribution in [0.4, 0.5) is 0 Å². The van der Waals surface area contributed by atoms with E-state index in [0.717, 1.165) is 75.1 Å². The van der Waals surface area contributed by atoms with Crippen LogP contribution < -0.4 is 16.4 Å². The molecule has 6 nitrogen and oxygen atoms in total. The van der Waals surface area contributed by atoms with Crippen LogP contribution in [0.15, 0.2) is 34.2 Å². The number of aliphatic imine (C=N–C) groups is 1. The fraction of sp³-hybridized carbons (Fsp3) is 0.600. The highest BCUT2D eigenvalue weighted by Crippen LogP contribution is 2.19. The highest BCUT2D eigenvalue weighted by atomic mass is 127. The summed E-state index contributed by atoms with van der Waals surface area (Å²) in [5.74, 6) is 1.74. The third-order valence-corrected chi connectivity index (χ3v) is 6.15. The van der Waals surface area contributed by atoms with Crippen molar-refractivity contribution in [1.82, 2.24) is 15.5 Å². The molecule has 0 atom stereocenters. The van der Waals surface area contributed by atoms with Crippen LogP contribution in [0, 0.1) is 5.92 Å². The monoisotopic (exact) mass is 553 g/mol. The number of nitrogens with zero attached hydrogens (tertiary/aromatic N) is 2. The van der Waals surface area contributed by atoms with Crippen LogP contribution >= 0.6 is 47.3 Å². The highest BCUT2D eigenvalue weighted by Gasteiger charge is 2.22. The summed E-state index contributed by atoms with van der Waals surface area (Å²) in [5.41, 5.74) is 5.38. The maximum atomic E-state index is 11.2. The number of rotatable bonds is 10. The van der Waals surface area contributed by atoms with E-state index < -0.39 is 0 Å². The van der Waals surface area contributed by atoms with Crippen LogP contribution in [0.2, 0.25) is 5.02 Å². The number of likely N-dealkylation sites (tertiary alicyclic amines) is 1. The molecule has 0 bridgehead atoms. The van der Waals surface area contributed by atoms with E-state index in [4.69, 9.17) is 17.3 Å². The molecule has 2 rings (SSSR count). The van der Waals surface area contributed by atoms with Gasteiger partial charge in [0.2, 0.25) is 5.91 Å². The minimum absolute atomic E-state index is 0. The Bertz CT molecular complexity index is 624. The average Bonchev–Trinajstić information content (AvgIpc) is 2.71. The Hall–Kier alpha value is -0.710. The first-order chi connectivity index (χ1) is 13.6. The van der Waals surface area contributed by atoms with Gasteiger partial charge in [-0.15, -0.1) is 35.7 Å². The Labute approximate surface area is 200 Å². The summed E-state index contributed by atoms with van der Waals surface area (Å²) in [6.45, 7) is 4.80. The summed E-state index contributed by atoms with van der Waals surface area (Å²) in [5, 5.41) is 7.48. The quantitative estimate of drug-likeness (QED) is 0.136. The number of halogens is 2. The lowest BCUT2D eigenvalue weighted by Gasteiger charge is -2.30. The number of hydrogen-bond acceptors (Lipinski definition) is 4. The molecule has 1 heterocycles. The number of hydrogen-bond donors (Lipinski definition) is 3. The number of nitrogens with one attached hydrogen (secondary N) is 2. The first-order valence-corrected chi connectivity index (χ1v) is 11.3. The normalized spacial score (nSPS) is 15.6. The van der Waals surface area contributed by atoms with Gasteiger partial charge in [0, 0.05) is 41.7 Å². The van der Waals surface area contributed by atoms with Crippen molar-refractivity contribution in [2.45, 2.75) is 30.6 Å². The number of benzene rings is 1. The van der Waals surface area contributed by atoms with Gasteiger partial charge < -0.3 is 21.3 Å². The number of primary amides is 1. The van der Waals surface area contributed by atoms with Crippen molar-refractivity contribution in [3.8, 4) is 0 Å². The van der Waals surface area contributed by atoms with E-state index in [1.165, 1.54) is 4.90 Å².